The van der Waals surface area contributed by atoms with Gasteiger partial charge in [-0.3, -0.25) is 4.79 Å². The minimum Gasteiger partial charge on any atom is -0.372 e. The molecule has 0 radical (unpaired) electrons. The second kappa shape index (κ2) is 12.5. The quantitative estimate of drug-likeness (QED) is 0.667. The topological polar surface area (TPSA) is 58.4 Å². The predicted octanol–water partition coefficient (Wildman–Crippen LogP) is 3.18. The van der Waals surface area contributed by atoms with Gasteiger partial charge in [0.25, 0.3) is 0 Å². The molecule has 4 nitrogen and oxygen atoms in total. The highest BCUT2D eigenvalue weighted by Gasteiger charge is 2.13. The molecule has 0 aromatic heterocycles. The van der Waals surface area contributed by atoms with Crippen molar-refractivity contribution in [1.82, 2.24) is 5.32 Å². The number of rotatable bonds is 8. The molecule has 0 aliphatic carbocycles. The Labute approximate surface area is 166 Å². The number of hydrogen-bond acceptors (Lipinski definition) is 3. The van der Waals surface area contributed by atoms with Crippen LogP contribution in [-0.4, -0.2) is 32.1 Å². The number of amides is 1. The first-order valence-corrected chi connectivity index (χ1v) is 8.11. The molecule has 1 amide bonds. The second-order valence-electron chi connectivity index (χ2n) is 5.81. The summed E-state index contributed by atoms with van der Waals surface area (Å²) >= 11 is 0. The summed E-state index contributed by atoms with van der Waals surface area (Å²) in [5.41, 5.74) is 7.53. The number of nitrogens with one attached hydrogen (secondary N) is 1. The second-order valence-corrected chi connectivity index (χ2v) is 5.81. The molecule has 144 valence electrons. The van der Waals surface area contributed by atoms with E-state index < -0.39 is 6.04 Å². The van der Waals surface area contributed by atoms with Crippen LogP contribution in [0.15, 0.2) is 54.6 Å². The number of halogens is 3. The lowest BCUT2D eigenvalue weighted by atomic mass is 10.1. The highest BCUT2D eigenvalue weighted by molar-refractivity contribution is 5.85. The van der Waals surface area contributed by atoms with Gasteiger partial charge in [-0.2, -0.15) is 0 Å². The van der Waals surface area contributed by atoms with Crippen LogP contribution in [0.1, 0.15) is 12.0 Å². The Hall–Kier alpha value is -1.82. The first kappa shape index (κ1) is 24.2. The van der Waals surface area contributed by atoms with E-state index in [-0.39, 0.29) is 36.5 Å². The van der Waals surface area contributed by atoms with Crippen LogP contribution in [0.25, 0.3) is 0 Å². The third-order valence-corrected chi connectivity index (χ3v) is 3.87. The average molecular weight is 402 g/mol. The molecule has 0 spiro atoms. The summed E-state index contributed by atoms with van der Waals surface area (Å²) in [6.45, 7) is 1.16. The molecule has 0 saturated carbocycles. The number of nitrogens with two attached hydrogens (primary N) is 1. The van der Waals surface area contributed by atoms with Gasteiger partial charge in [-0.15, -0.1) is 24.8 Å². The van der Waals surface area contributed by atoms with Crippen LogP contribution >= 0.6 is 24.8 Å². The summed E-state index contributed by atoms with van der Waals surface area (Å²) in [7, 11) is 1.83. The third kappa shape index (κ3) is 7.60. The summed E-state index contributed by atoms with van der Waals surface area (Å²) < 4.78 is 13.7. The van der Waals surface area contributed by atoms with Crippen LogP contribution in [0.5, 0.6) is 0 Å². The smallest absolute Gasteiger partial charge is 0.237 e. The van der Waals surface area contributed by atoms with Crippen LogP contribution in [0, 0.1) is 5.82 Å². The normalized spacial score (nSPS) is 10.9. The lowest BCUT2D eigenvalue weighted by Gasteiger charge is -2.20. The summed E-state index contributed by atoms with van der Waals surface area (Å²) in [5.74, 6) is -0.402. The minimum absolute atomic E-state index is 0. The Morgan fingerprint density at radius 1 is 1.12 bits per heavy atom. The van der Waals surface area contributed by atoms with E-state index in [1.807, 2.05) is 42.3 Å². The molecule has 2 aromatic carbocycles. The van der Waals surface area contributed by atoms with Crippen molar-refractivity contribution in [1.29, 1.82) is 0 Å². The van der Waals surface area contributed by atoms with Gasteiger partial charge in [0.05, 0.1) is 11.7 Å². The number of para-hydroxylation sites is 1. The first-order valence-electron chi connectivity index (χ1n) is 8.11. The van der Waals surface area contributed by atoms with Gasteiger partial charge in [-0.1, -0.05) is 42.5 Å². The van der Waals surface area contributed by atoms with Crippen molar-refractivity contribution in [3.05, 3.63) is 66.0 Å². The van der Waals surface area contributed by atoms with Gasteiger partial charge in [-0.05, 0) is 30.5 Å². The lowest BCUT2D eigenvalue weighted by Crippen LogP contribution is -2.42. The maximum atomic E-state index is 13.7. The standard InChI is InChI=1S/C19H24FN3O.2ClH/c1-23(18-11-6-5-10-16(18)20)13-7-12-22-19(24)17(21)14-15-8-3-2-4-9-15;;/h2-6,8-11,17H,7,12-14,21H2,1H3,(H,22,24);2*1H. The Balaban J connectivity index is 0.00000312. The van der Waals surface area contributed by atoms with Crippen LogP contribution in [0.2, 0.25) is 0 Å². The van der Waals surface area contributed by atoms with Gasteiger partial charge >= 0.3 is 0 Å². The maximum absolute atomic E-state index is 13.7. The molecule has 0 heterocycles. The molecule has 7 heteroatoms. The monoisotopic (exact) mass is 401 g/mol. The first-order chi connectivity index (χ1) is 11.6. The van der Waals surface area contributed by atoms with E-state index in [0.29, 0.717) is 31.6 Å². The largest absolute Gasteiger partial charge is 0.372 e. The van der Waals surface area contributed by atoms with E-state index in [1.165, 1.54) is 6.07 Å². The molecular formula is C19H26Cl2FN3O. The zero-order valence-electron chi connectivity index (χ0n) is 14.7. The maximum Gasteiger partial charge on any atom is 0.237 e. The predicted molar refractivity (Wildman–Crippen MR) is 110 cm³/mol. The molecule has 0 saturated heterocycles. The Morgan fingerprint density at radius 2 is 1.73 bits per heavy atom. The van der Waals surface area contributed by atoms with E-state index in [1.54, 1.807) is 18.2 Å². The lowest BCUT2D eigenvalue weighted by molar-refractivity contribution is -0.122. The Bertz CT molecular complexity index is 658. The van der Waals surface area contributed by atoms with E-state index in [0.717, 1.165) is 5.56 Å². The fourth-order valence-electron chi connectivity index (χ4n) is 2.50. The molecule has 26 heavy (non-hydrogen) atoms. The summed E-state index contributed by atoms with van der Waals surface area (Å²) in [4.78, 5) is 13.8. The zero-order valence-corrected chi connectivity index (χ0v) is 16.4. The van der Waals surface area contributed by atoms with E-state index >= 15 is 0 Å². The fourth-order valence-corrected chi connectivity index (χ4v) is 2.50. The van der Waals surface area contributed by atoms with Crippen molar-refractivity contribution in [2.24, 2.45) is 5.73 Å². The van der Waals surface area contributed by atoms with E-state index in [2.05, 4.69) is 5.32 Å². The number of carbonyl (C=O) groups is 1. The highest BCUT2D eigenvalue weighted by atomic mass is 35.5. The molecule has 0 aliphatic heterocycles. The Kier molecular flexibility index (Phi) is 11.6. The fraction of sp³-hybridized carbons (Fsp3) is 0.316. The van der Waals surface area contributed by atoms with Crippen LogP contribution in [0.4, 0.5) is 10.1 Å². The molecule has 1 atom stereocenters. The highest BCUT2D eigenvalue weighted by Crippen LogP contribution is 2.16. The molecule has 0 aliphatic rings. The van der Waals surface area contributed by atoms with Crippen molar-refractivity contribution in [2.75, 3.05) is 25.0 Å². The number of hydrogen-bond donors (Lipinski definition) is 2. The van der Waals surface area contributed by atoms with Crippen LogP contribution < -0.4 is 16.0 Å². The molecular weight excluding hydrogens is 376 g/mol. The molecule has 1 unspecified atom stereocenters. The van der Waals surface area contributed by atoms with Gasteiger partial charge in [0.2, 0.25) is 5.91 Å². The summed E-state index contributed by atoms with van der Waals surface area (Å²) in [5, 5.41) is 2.84. The summed E-state index contributed by atoms with van der Waals surface area (Å²) in [6.07, 6.45) is 1.23. The number of nitrogens with zero attached hydrogens (tertiary/aromatic N) is 1. The number of carbonyl (C=O) groups excluding carboxylic acids is 1. The third-order valence-electron chi connectivity index (χ3n) is 3.87. The zero-order chi connectivity index (χ0) is 17.4. The molecule has 0 fully saturated rings. The summed E-state index contributed by atoms with van der Waals surface area (Å²) in [6, 6.07) is 15.8. The van der Waals surface area contributed by atoms with Crippen molar-refractivity contribution >= 4 is 36.4 Å². The minimum atomic E-state index is -0.559. The van der Waals surface area contributed by atoms with Crippen molar-refractivity contribution in [3.8, 4) is 0 Å². The Morgan fingerprint density at radius 3 is 2.38 bits per heavy atom. The molecule has 3 N–H and O–H groups in total. The van der Waals surface area contributed by atoms with Crippen LogP contribution in [-0.2, 0) is 11.2 Å². The van der Waals surface area contributed by atoms with Gasteiger partial charge < -0.3 is 16.0 Å². The van der Waals surface area contributed by atoms with Gasteiger partial charge in [0.1, 0.15) is 5.82 Å². The van der Waals surface area contributed by atoms with E-state index in [4.69, 9.17) is 5.73 Å². The number of anilines is 1. The molecule has 0 bridgehead atoms. The SMILES string of the molecule is CN(CCCNC(=O)C(N)Cc1ccccc1)c1ccccc1F.Cl.Cl. The molecule has 2 aromatic rings. The van der Waals surface area contributed by atoms with Crippen LogP contribution in [0.3, 0.4) is 0 Å². The van der Waals surface area contributed by atoms with Gasteiger partial charge in [0.15, 0.2) is 0 Å². The van der Waals surface area contributed by atoms with Crippen molar-refractivity contribution < 1.29 is 9.18 Å². The van der Waals surface area contributed by atoms with Crippen molar-refractivity contribution in [3.63, 3.8) is 0 Å². The van der Waals surface area contributed by atoms with E-state index in [9.17, 15) is 9.18 Å². The number of benzene rings is 2. The molecule has 2 rings (SSSR count). The van der Waals surface area contributed by atoms with Gasteiger partial charge in [0, 0.05) is 20.1 Å². The average Bonchev–Trinajstić information content (AvgIpc) is 2.59. The van der Waals surface area contributed by atoms with Crippen molar-refractivity contribution in [2.45, 2.75) is 18.9 Å². The van der Waals surface area contributed by atoms with Gasteiger partial charge in [-0.25, -0.2) is 4.39 Å².